The third kappa shape index (κ3) is 2.53. The molecule has 0 aliphatic carbocycles. The Kier molecular flexibility index (Phi) is 4.04. The van der Waals surface area contributed by atoms with Gasteiger partial charge in [0.25, 0.3) is 0 Å². The van der Waals surface area contributed by atoms with E-state index in [2.05, 4.69) is 0 Å². The van der Waals surface area contributed by atoms with Crippen molar-refractivity contribution in [1.29, 1.82) is 5.26 Å². The zero-order valence-electron chi connectivity index (χ0n) is 7.55. The predicted molar refractivity (Wildman–Crippen MR) is 53.7 cm³/mol. The highest BCUT2D eigenvalue weighted by atomic mass is 32.1. The van der Waals surface area contributed by atoms with E-state index >= 15 is 0 Å². The van der Waals surface area contributed by atoms with Gasteiger partial charge in [-0.05, 0) is 30.0 Å². The van der Waals surface area contributed by atoms with Crippen molar-refractivity contribution >= 4 is 11.3 Å². The van der Waals surface area contributed by atoms with E-state index in [4.69, 9.17) is 11.0 Å². The highest BCUT2D eigenvalue weighted by molar-refractivity contribution is 7.10. The second-order valence-corrected chi connectivity index (χ2v) is 3.86. The second-order valence-electron chi connectivity index (χ2n) is 2.95. The van der Waals surface area contributed by atoms with Crippen molar-refractivity contribution in [1.82, 2.24) is 0 Å². The summed E-state index contributed by atoms with van der Waals surface area (Å²) in [7, 11) is 0. The van der Waals surface area contributed by atoms with Gasteiger partial charge in [-0.25, -0.2) is 0 Å². The largest absolute Gasteiger partial charge is 0.390 e. The first-order chi connectivity index (χ1) is 6.69. The lowest BCUT2D eigenvalue weighted by Gasteiger charge is -2.15. The van der Waals surface area contributed by atoms with Gasteiger partial charge in [-0.1, -0.05) is 0 Å². The molecule has 0 spiro atoms. The smallest absolute Gasteiger partial charge is 0.110 e. The summed E-state index contributed by atoms with van der Waals surface area (Å²) < 4.78 is 0. The van der Waals surface area contributed by atoms with Gasteiger partial charge in [0.1, 0.15) is 17.1 Å². The molecule has 0 fully saturated rings. The lowest BCUT2D eigenvalue weighted by molar-refractivity contribution is 0.0152. The topological polar surface area (TPSA) is 90.3 Å². The number of thiophene rings is 1. The molecule has 1 aromatic rings. The molecule has 1 heterocycles. The fourth-order valence-corrected chi connectivity index (χ4v) is 1.84. The molecule has 0 aromatic carbocycles. The minimum atomic E-state index is -0.947. The molecule has 0 radical (unpaired) electrons. The first-order valence-corrected chi connectivity index (χ1v) is 5.11. The Labute approximate surface area is 86.2 Å². The summed E-state index contributed by atoms with van der Waals surface area (Å²) >= 11 is 1.25. The van der Waals surface area contributed by atoms with Crippen LogP contribution >= 0.6 is 11.3 Å². The first kappa shape index (κ1) is 11.1. The van der Waals surface area contributed by atoms with Crippen LogP contribution < -0.4 is 5.73 Å². The molecule has 5 heteroatoms. The van der Waals surface area contributed by atoms with E-state index in [1.807, 2.05) is 6.07 Å². The monoisotopic (exact) mass is 212 g/mol. The maximum absolute atomic E-state index is 9.62. The van der Waals surface area contributed by atoms with Crippen molar-refractivity contribution in [2.75, 3.05) is 6.54 Å². The number of hydrogen-bond donors (Lipinski definition) is 3. The summed E-state index contributed by atoms with van der Waals surface area (Å²) in [6.45, 7) is 0.327. The predicted octanol–water partition coefficient (Wildman–Crippen LogP) is 0.363. The Morgan fingerprint density at radius 2 is 2.29 bits per heavy atom. The highest BCUT2D eigenvalue weighted by Crippen LogP contribution is 2.23. The van der Waals surface area contributed by atoms with Crippen LogP contribution in [0.3, 0.4) is 0 Å². The zero-order chi connectivity index (χ0) is 10.6. The summed E-state index contributed by atoms with van der Waals surface area (Å²) in [6.07, 6.45) is -1.46. The van der Waals surface area contributed by atoms with E-state index < -0.39 is 12.2 Å². The van der Waals surface area contributed by atoms with E-state index in [9.17, 15) is 10.2 Å². The molecule has 0 bridgehead atoms. The molecular weight excluding hydrogens is 200 g/mol. The van der Waals surface area contributed by atoms with Gasteiger partial charge in [-0.15, -0.1) is 11.3 Å². The van der Waals surface area contributed by atoms with Gasteiger partial charge in [0.2, 0.25) is 0 Å². The van der Waals surface area contributed by atoms with Crippen LogP contribution in [0.4, 0.5) is 0 Å². The van der Waals surface area contributed by atoms with Crippen molar-refractivity contribution < 1.29 is 10.2 Å². The SMILES string of the molecule is N#Cc1cc(C(O)C(O)CCN)cs1. The number of aliphatic hydroxyl groups excluding tert-OH is 2. The van der Waals surface area contributed by atoms with E-state index in [0.29, 0.717) is 23.4 Å². The van der Waals surface area contributed by atoms with E-state index in [0.717, 1.165) is 0 Å². The molecular formula is C9H12N2O2S. The number of rotatable bonds is 4. The minimum absolute atomic E-state index is 0.327. The summed E-state index contributed by atoms with van der Waals surface area (Å²) in [4.78, 5) is 0.527. The average molecular weight is 212 g/mol. The fourth-order valence-electron chi connectivity index (χ4n) is 1.12. The van der Waals surface area contributed by atoms with Gasteiger partial charge < -0.3 is 15.9 Å². The van der Waals surface area contributed by atoms with Gasteiger partial charge in [-0.3, -0.25) is 0 Å². The maximum atomic E-state index is 9.62. The van der Waals surface area contributed by atoms with Gasteiger partial charge in [0.05, 0.1) is 6.10 Å². The molecule has 0 saturated carbocycles. The zero-order valence-corrected chi connectivity index (χ0v) is 8.37. The van der Waals surface area contributed by atoms with Crippen LogP contribution in [-0.4, -0.2) is 22.9 Å². The first-order valence-electron chi connectivity index (χ1n) is 4.23. The maximum Gasteiger partial charge on any atom is 0.110 e. The molecule has 2 unspecified atom stereocenters. The van der Waals surface area contributed by atoms with Crippen LogP contribution in [-0.2, 0) is 0 Å². The molecule has 1 rings (SSSR count). The quantitative estimate of drug-likeness (QED) is 0.672. The van der Waals surface area contributed by atoms with Crippen LogP contribution in [0, 0.1) is 11.3 Å². The standard InChI is InChI=1S/C9H12N2O2S/c10-2-1-8(12)9(13)6-3-7(4-11)14-5-6/h3,5,8-9,12-13H,1-2,10H2. The molecule has 14 heavy (non-hydrogen) atoms. The molecule has 76 valence electrons. The van der Waals surface area contributed by atoms with Crippen LogP contribution in [0.2, 0.25) is 0 Å². The lowest BCUT2D eigenvalue weighted by Crippen LogP contribution is -2.21. The van der Waals surface area contributed by atoms with Crippen molar-refractivity contribution in [3.05, 3.63) is 21.9 Å². The van der Waals surface area contributed by atoms with Crippen molar-refractivity contribution in [3.63, 3.8) is 0 Å². The van der Waals surface area contributed by atoms with Gasteiger partial charge in [-0.2, -0.15) is 5.26 Å². The molecule has 0 aliphatic rings. The Morgan fingerprint density at radius 1 is 1.57 bits per heavy atom. The third-order valence-electron chi connectivity index (χ3n) is 1.90. The van der Waals surface area contributed by atoms with Crippen LogP contribution in [0.5, 0.6) is 0 Å². The molecule has 0 amide bonds. The number of hydrogen-bond acceptors (Lipinski definition) is 5. The molecule has 2 atom stereocenters. The van der Waals surface area contributed by atoms with Crippen molar-refractivity contribution in [2.24, 2.45) is 5.73 Å². The highest BCUT2D eigenvalue weighted by Gasteiger charge is 2.18. The Balaban J connectivity index is 2.69. The Morgan fingerprint density at radius 3 is 2.79 bits per heavy atom. The van der Waals surface area contributed by atoms with Gasteiger partial charge >= 0.3 is 0 Å². The summed E-state index contributed by atoms with van der Waals surface area (Å²) in [5, 5.41) is 29.3. The third-order valence-corrected chi connectivity index (χ3v) is 2.75. The molecule has 4 N–H and O–H groups in total. The van der Waals surface area contributed by atoms with E-state index in [1.54, 1.807) is 11.4 Å². The van der Waals surface area contributed by atoms with E-state index in [-0.39, 0.29) is 0 Å². The van der Waals surface area contributed by atoms with Crippen molar-refractivity contribution in [2.45, 2.75) is 18.6 Å². The summed E-state index contributed by atoms with van der Waals surface area (Å²) in [5.74, 6) is 0. The normalized spacial score (nSPS) is 14.7. The summed E-state index contributed by atoms with van der Waals surface area (Å²) in [6, 6.07) is 3.55. The Hall–Kier alpha value is -0.930. The Bertz CT molecular complexity index is 332. The van der Waals surface area contributed by atoms with Gasteiger partial charge in [0.15, 0.2) is 0 Å². The number of aliphatic hydroxyl groups is 2. The summed E-state index contributed by atoms with van der Waals surface area (Å²) in [5.41, 5.74) is 5.83. The molecule has 1 aromatic heterocycles. The lowest BCUT2D eigenvalue weighted by atomic mass is 10.1. The minimum Gasteiger partial charge on any atom is -0.390 e. The number of nitrogens with two attached hydrogens (primary N) is 1. The number of nitriles is 1. The van der Waals surface area contributed by atoms with Crippen LogP contribution in [0.25, 0.3) is 0 Å². The van der Waals surface area contributed by atoms with Crippen molar-refractivity contribution in [3.8, 4) is 6.07 Å². The fraction of sp³-hybridized carbons (Fsp3) is 0.444. The van der Waals surface area contributed by atoms with Gasteiger partial charge in [0, 0.05) is 0 Å². The average Bonchev–Trinajstić information content (AvgIpc) is 2.65. The number of nitrogens with zero attached hydrogens (tertiary/aromatic N) is 1. The molecule has 0 aliphatic heterocycles. The molecule has 0 saturated heterocycles. The molecule has 4 nitrogen and oxygen atoms in total. The second kappa shape index (κ2) is 5.08. The van der Waals surface area contributed by atoms with Crippen LogP contribution in [0.15, 0.2) is 11.4 Å². The van der Waals surface area contributed by atoms with E-state index in [1.165, 1.54) is 11.3 Å². The van der Waals surface area contributed by atoms with Crippen LogP contribution in [0.1, 0.15) is 23.0 Å².